The van der Waals surface area contributed by atoms with Gasteiger partial charge in [-0.15, -0.1) is 0 Å². The molecule has 0 spiro atoms. The number of hydrogen-bond acceptors (Lipinski definition) is 4. The Bertz CT molecular complexity index is 401. The van der Waals surface area contributed by atoms with Crippen LogP contribution >= 0.6 is 0 Å². The number of phenolic OH excluding ortho intramolecular Hbond substituents is 1. The van der Waals surface area contributed by atoms with Crippen LogP contribution in [0.1, 0.15) is 30.1 Å². The summed E-state index contributed by atoms with van der Waals surface area (Å²) in [4.78, 5) is 11.9. The summed E-state index contributed by atoms with van der Waals surface area (Å²) in [6.07, 6.45) is 1.81. The van der Waals surface area contributed by atoms with Crippen LogP contribution in [0.5, 0.6) is 5.75 Å². The van der Waals surface area contributed by atoms with E-state index in [-0.39, 0.29) is 23.4 Å². The van der Waals surface area contributed by atoms with Crippen molar-refractivity contribution >= 4 is 11.6 Å². The van der Waals surface area contributed by atoms with E-state index in [2.05, 4.69) is 5.32 Å². The van der Waals surface area contributed by atoms with Crippen molar-refractivity contribution in [1.29, 1.82) is 0 Å². The molecule has 0 aliphatic rings. The van der Waals surface area contributed by atoms with Gasteiger partial charge >= 0.3 is 0 Å². The van der Waals surface area contributed by atoms with Crippen LogP contribution in [0.15, 0.2) is 18.2 Å². The van der Waals surface area contributed by atoms with Gasteiger partial charge in [0.25, 0.3) is 5.91 Å². The molecule has 5 heteroatoms. The molecule has 18 heavy (non-hydrogen) atoms. The van der Waals surface area contributed by atoms with E-state index in [4.69, 9.17) is 10.5 Å². The van der Waals surface area contributed by atoms with E-state index in [1.165, 1.54) is 12.1 Å². The zero-order valence-corrected chi connectivity index (χ0v) is 10.8. The number of nitrogen functional groups attached to an aromatic ring is 1. The maximum atomic E-state index is 11.9. The van der Waals surface area contributed by atoms with Gasteiger partial charge in [-0.1, -0.05) is 13.3 Å². The van der Waals surface area contributed by atoms with Gasteiger partial charge in [-0.05, 0) is 24.6 Å². The van der Waals surface area contributed by atoms with Gasteiger partial charge in [-0.25, -0.2) is 0 Å². The first-order chi connectivity index (χ1) is 8.58. The molecule has 0 radical (unpaired) electrons. The van der Waals surface area contributed by atoms with Gasteiger partial charge in [0.15, 0.2) is 0 Å². The number of nitrogens with two attached hydrogens (primary N) is 1. The molecule has 0 saturated heterocycles. The average Bonchev–Trinajstić information content (AvgIpc) is 2.33. The van der Waals surface area contributed by atoms with Gasteiger partial charge in [-0.3, -0.25) is 4.79 Å². The fraction of sp³-hybridized carbons (Fsp3) is 0.462. The monoisotopic (exact) mass is 252 g/mol. The van der Waals surface area contributed by atoms with Crippen molar-refractivity contribution in [2.75, 3.05) is 19.5 Å². The van der Waals surface area contributed by atoms with Gasteiger partial charge in [0.05, 0.1) is 18.3 Å². The number of aromatic hydroxyl groups is 1. The number of ether oxygens (including phenoxy) is 1. The first kappa shape index (κ1) is 14.3. The van der Waals surface area contributed by atoms with Crippen LogP contribution in [-0.4, -0.2) is 30.8 Å². The van der Waals surface area contributed by atoms with E-state index in [0.717, 1.165) is 12.8 Å². The van der Waals surface area contributed by atoms with E-state index in [9.17, 15) is 9.90 Å². The molecule has 1 amide bonds. The molecule has 0 aromatic heterocycles. The minimum absolute atomic E-state index is 0.0211. The smallest absolute Gasteiger partial charge is 0.251 e. The molecule has 100 valence electrons. The third-order valence-corrected chi connectivity index (χ3v) is 2.63. The second kappa shape index (κ2) is 6.86. The van der Waals surface area contributed by atoms with Crippen molar-refractivity contribution in [3.05, 3.63) is 23.8 Å². The van der Waals surface area contributed by atoms with Crippen LogP contribution in [0.4, 0.5) is 5.69 Å². The lowest BCUT2D eigenvalue weighted by molar-refractivity contribution is 0.0891. The third kappa shape index (κ3) is 3.92. The largest absolute Gasteiger partial charge is 0.506 e. The minimum Gasteiger partial charge on any atom is -0.506 e. The number of anilines is 1. The van der Waals surface area contributed by atoms with E-state index in [1.54, 1.807) is 13.2 Å². The summed E-state index contributed by atoms with van der Waals surface area (Å²) in [7, 11) is 1.60. The molecule has 1 aromatic carbocycles. The Morgan fingerprint density at radius 3 is 2.83 bits per heavy atom. The highest BCUT2D eigenvalue weighted by Crippen LogP contribution is 2.20. The number of amides is 1. The fourth-order valence-electron chi connectivity index (χ4n) is 1.70. The Kier molecular flexibility index (Phi) is 5.45. The third-order valence-electron chi connectivity index (χ3n) is 2.63. The van der Waals surface area contributed by atoms with E-state index >= 15 is 0 Å². The van der Waals surface area contributed by atoms with Gasteiger partial charge in [0, 0.05) is 12.7 Å². The number of carbonyl (C=O) groups excluding carboxylic acids is 1. The van der Waals surface area contributed by atoms with Crippen molar-refractivity contribution < 1.29 is 14.6 Å². The highest BCUT2D eigenvalue weighted by atomic mass is 16.5. The molecule has 0 heterocycles. The number of carbonyl (C=O) groups is 1. The SMILES string of the molecule is CCCC(COC)NC(=O)c1ccc(N)c(O)c1. The molecule has 5 nitrogen and oxygen atoms in total. The molecule has 1 atom stereocenters. The van der Waals surface area contributed by atoms with Crippen LogP contribution in [0, 0.1) is 0 Å². The lowest BCUT2D eigenvalue weighted by Crippen LogP contribution is -2.37. The van der Waals surface area contributed by atoms with Crippen LogP contribution in [-0.2, 0) is 4.74 Å². The molecule has 1 unspecified atom stereocenters. The van der Waals surface area contributed by atoms with Crippen molar-refractivity contribution in [2.24, 2.45) is 0 Å². The van der Waals surface area contributed by atoms with Gasteiger partial charge < -0.3 is 20.9 Å². The van der Waals surface area contributed by atoms with E-state index in [1.807, 2.05) is 6.92 Å². The minimum atomic E-state index is -0.235. The molecule has 0 bridgehead atoms. The number of hydrogen-bond donors (Lipinski definition) is 3. The summed E-state index contributed by atoms with van der Waals surface area (Å²) in [6.45, 7) is 2.52. The summed E-state index contributed by atoms with van der Waals surface area (Å²) < 4.78 is 5.05. The molecule has 0 aliphatic carbocycles. The van der Waals surface area contributed by atoms with Crippen molar-refractivity contribution in [3.63, 3.8) is 0 Å². The van der Waals surface area contributed by atoms with Crippen molar-refractivity contribution in [3.8, 4) is 5.75 Å². The average molecular weight is 252 g/mol. The number of phenols is 1. The quantitative estimate of drug-likeness (QED) is 0.529. The Morgan fingerprint density at radius 2 is 2.28 bits per heavy atom. The molecular weight excluding hydrogens is 232 g/mol. The number of rotatable bonds is 6. The lowest BCUT2D eigenvalue weighted by atomic mass is 10.1. The Labute approximate surface area is 107 Å². The molecule has 0 saturated carbocycles. The normalized spacial score (nSPS) is 12.1. The van der Waals surface area contributed by atoms with Gasteiger partial charge in [0.1, 0.15) is 5.75 Å². The summed E-state index contributed by atoms with van der Waals surface area (Å²) in [5, 5.41) is 12.3. The predicted molar refractivity (Wildman–Crippen MR) is 70.6 cm³/mol. The molecule has 0 aliphatic heterocycles. The summed E-state index contributed by atoms with van der Waals surface area (Å²) in [6, 6.07) is 4.43. The molecule has 1 aromatic rings. The Morgan fingerprint density at radius 1 is 1.56 bits per heavy atom. The fourth-order valence-corrected chi connectivity index (χ4v) is 1.70. The van der Waals surface area contributed by atoms with Crippen molar-refractivity contribution in [1.82, 2.24) is 5.32 Å². The molecule has 0 fully saturated rings. The zero-order chi connectivity index (χ0) is 13.5. The number of methoxy groups -OCH3 is 1. The predicted octanol–water partition coefficient (Wildman–Crippen LogP) is 1.52. The molecule has 1 rings (SSSR count). The van der Waals surface area contributed by atoms with Gasteiger partial charge in [-0.2, -0.15) is 0 Å². The number of nitrogens with one attached hydrogen (secondary N) is 1. The first-order valence-electron chi connectivity index (χ1n) is 5.96. The topological polar surface area (TPSA) is 84.6 Å². The molecule has 4 N–H and O–H groups in total. The first-order valence-corrected chi connectivity index (χ1v) is 5.96. The second-order valence-corrected chi connectivity index (χ2v) is 4.19. The Balaban J connectivity index is 2.70. The maximum Gasteiger partial charge on any atom is 0.251 e. The van der Waals surface area contributed by atoms with Crippen LogP contribution in [0.25, 0.3) is 0 Å². The maximum absolute atomic E-state index is 11.9. The highest BCUT2D eigenvalue weighted by molar-refractivity contribution is 5.95. The van der Waals surface area contributed by atoms with E-state index < -0.39 is 0 Å². The van der Waals surface area contributed by atoms with Crippen LogP contribution in [0.2, 0.25) is 0 Å². The van der Waals surface area contributed by atoms with Crippen molar-refractivity contribution in [2.45, 2.75) is 25.8 Å². The number of benzene rings is 1. The summed E-state index contributed by atoms with van der Waals surface area (Å²) in [5.74, 6) is -0.317. The summed E-state index contributed by atoms with van der Waals surface area (Å²) in [5.41, 5.74) is 6.13. The standard InChI is InChI=1S/C13H20N2O3/c1-3-4-10(8-18-2)15-13(17)9-5-6-11(14)12(16)7-9/h5-7,10,16H,3-4,8,14H2,1-2H3,(H,15,17). The summed E-state index contributed by atoms with van der Waals surface area (Å²) >= 11 is 0. The van der Waals surface area contributed by atoms with Gasteiger partial charge in [0.2, 0.25) is 0 Å². The lowest BCUT2D eigenvalue weighted by Gasteiger charge is -2.17. The Hall–Kier alpha value is -1.75. The highest BCUT2D eigenvalue weighted by Gasteiger charge is 2.13. The second-order valence-electron chi connectivity index (χ2n) is 4.19. The van der Waals surface area contributed by atoms with Crippen LogP contribution < -0.4 is 11.1 Å². The van der Waals surface area contributed by atoms with Crippen LogP contribution in [0.3, 0.4) is 0 Å². The zero-order valence-electron chi connectivity index (χ0n) is 10.8. The molecular formula is C13H20N2O3. The van der Waals surface area contributed by atoms with E-state index in [0.29, 0.717) is 12.2 Å².